The van der Waals surface area contributed by atoms with Crippen molar-refractivity contribution in [2.45, 2.75) is 25.8 Å². The summed E-state index contributed by atoms with van der Waals surface area (Å²) >= 11 is 12.0. The number of halogens is 2. The van der Waals surface area contributed by atoms with Crippen LogP contribution >= 0.6 is 23.2 Å². The first-order valence-electron chi connectivity index (χ1n) is 9.37. The topological polar surface area (TPSA) is 87.7 Å². The lowest BCUT2D eigenvalue weighted by Gasteiger charge is -2.22. The van der Waals surface area contributed by atoms with E-state index >= 15 is 0 Å². The van der Waals surface area contributed by atoms with E-state index in [0.717, 1.165) is 11.3 Å². The van der Waals surface area contributed by atoms with Crippen molar-refractivity contribution in [3.8, 4) is 5.75 Å². The van der Waals surface area contributed by atoms with Gasteiger partial charge in [0.15, 0.2) is 0 Å². The molecule has 7 nitrogen and oxygen atoms in total. The first kappa shape index (κ1) is 21.9. The number of rotatable bonds is 7. The number of nitrogens with one attached hydrogen (secondary N) is 2. The number of nitrogens with zero attached hydrogens (tertiary/aromatic N) is 1. The predicted octanol–water partition coefficient (Wildman–Crippen LogP) is 4.19. The first-order valence-corrected chi connectivity index (χ1v) is 10.1. The molecule has 1 unspecified atom stereocenters. The summed E-state index contributed by atoms with van der Waals surface area (Å²) in [6.07, 6.45) is 0.817. The molecule has 2 aromatic carbocycles. The lowest BCUT2D eigenvalue weighted by Crippen LogP contribution is -2.42. The summed E-state index contributed by atoms with van der Waals surface area (Å²) in [6.45, 7) is 3.59. The van der Waals surface area contributed by atoms with Crippen LogP contribution in [0, 0.1) is 0 Å². The molecule has 1 aliphatic heterocycles. The van der Waals surface area contributed by atoms with Gasteiger partial charge in [0, 0.05) is 0 Å². The third kappa shape index (κ3) is 4.37. The molecule has 0 spiro atoms. The summed E-state index contributed by atoms with van der Waals surface area (Å²) in [6, 6.07) is 11.0. The van der Waals surface area contributed by atoms with E-state index in [2.05, 4.69) is 10.6 Å². The average molecular weight is 450 g/mol. The minimum Gasteiger partial charge on any atom is -0.491 e. The number of carbonyl (C=O) groups excluding carboxylic acids is 3. The molecule has 0 aromatic heterocycles. The number of amides is 4. The van der Waals surface area contributed by atoms with Crippen molar-refractivity contribution in [2.24, 2.45) is 0 Å². The molecule has 0 aliphatic carbocycles. The normalized spacial score (nSPS) is 18.3. The Balaban J connectivity index is 1.74. The SMILES string of the molecule is CCCOc1ccccc1NC(=O)CN1C(=O)NC(C)(c2ccc(Cl)c(Cl)c2)C1=O. The zero-order valence-electron chi connectivity index (χ0n) is 16.5. The highest BCUT2D eigenvalue weighted by Gasteiger charge is 2.49. The first-order chi connectivity index (χ1) is 14.3. The lowest BCUT2D eigenvalue weighted by molar-refractivity contribution is -0.133. The molecule has 1 atom stereocenters. The van der Waals surface area contributed by atoms with Gasteiger partial charge in [-0.15, -0.1) is 0 Å². The van der Waals surface area contributed by atoms with E-state index in [1.165, 1.54) is 6.07 Å². The van der Waals surface area contributed by atoms with Gasteiger partial charge in [-0.3, -0.25) is 14.5 Å². The molecular formula is C21H21Cl2N3O4. The van der Waals surface area contributed by atoms with E-state index in [1.54, 1.807) is 43.3 Å². The number of hydrogen-bond acceptors (Lipinski definition) is 4. The van der Waals surface area contributed by atoms with Crippen LogP contribution in [-0.2, 0) is 15.1 Å². The van der Waals surface area contributed by atoms with Crippen LogP contribution in [0.1, 0.15) is 25.8 Å². The van der Waals surface area contributed by atoms with Gasteiger partial charge in [0.25, 0.3) is 5.91 Å². The molecule has 1 heterocycles. The number of carbonyl (C=O) groups is 3. The summed E-state index contributed by atoms with van der Waals surface area (Å²) in [5.41, 5.74) is -0.417. The number of hydrogen-bond donors (Lipinski definition) is 2. The molecule has 3 rings (SSSR count). The van der Waals surface area contributed by atoms with Crippen molar-refractivity contribution in [3.05, 3.63) is 58.1 Å². The number of urea groups is 1. The number of para-hydroxylation sites is 2. The molecular weight excluding hydrogens is 429 g/mol. The van der Waals surface area contributed by atoms with Crippen molar-refractivity contribution in [1.29, 1.82) is 0 Å². The monoisotopic (exact) mass is 449 g/mol. The van der Waals surface area contributed by atoms with Gasteiger partial charge < -0.3 is 15.4 Å². The van der Waals surface area contributed by atoms with Gasteiger partial charge in [-0.05, 0) is 43.2 Å². The average Bonchev–Trinajstić information content (AvgIpc) is 2.93. The van der Waals surface area contributed by atoms with E-state index in [0.29, 0.717) is 28.6 Å². The van der Waals surface area contributed by atoms with Crippen LogP contribution in [0.4, 0.5) is 10.5 Å². The Morgan fingerprint density at radius 1 is 1.17 bits per heavy atom. The molecule has 1 saturated heterocycles. The lowest BCUT2D eigenvalue weighted by atomic mass is 9.92. The van der Waals surface area contributed by atoms with Crippen LogP contribution < -0.4 is 15.4 Å². The van der Waals surface area contributed by atoms with Crippen molar-refractivity contribution in [2.75, 3.05) is 18.5 Å². The fourth-order valence-corrected chi connectivity index (χ4v) is 3.38. The van der Waals surface area contributed by atoms with Crippen LogP contribution in [0.25, 0.3) is 0 Å². The van der Waals surface area contributed by atoms with Gasteiger partial charge in [-0.1, -0.05) is 48.3 Å². The number of anilines is 1. The molecule has 4 amide bonds. The van der Waals surface area contributed by atoms with E-state index < -0.39 is 29.9 Å². The van der Waals surface area contributed by atoms with Crippen molar-refractivity contribution in [1.82, 2.24) is 10.2 Å². The minimum absolute atomic E-state index is 0.261. The predicted molar refractivity (Wildman–Crippen MR) is 115 cm³/mol. The number of imide groups is 1. The zero-order chi connectivity index (χ0) is 21.9. The third-order valence-electron chi connectivity index (χ3n) is 4.70. The van der Waals surface area contributed by atoms with Crippen LogP contribution in [-0.4, -0.2) is 35.9 Å². The number of ether oxygens (including phenoxy) is 1. The van der Waals surface area contributed by atoms with E-state index in [4.69, 9.17) is 27.9 Å². The minimum atomic E-state index is -1.35. The van der Waals surface area contributed by atoms with Crippen LogP contribution in [0.3, 0.4) is 0 Å². The molecule has 2 N–H and O–H groups in total. The highest BCUT2D eigenvalue weighted by molar-refractivity contribution is 6.42. The Hall–Kier alpha value is -2.77. The maximum atomic E-state index is 13.0. The van der Waals surface area contributed by atoms with Crippen molar-refractivity contribution < 1.29 is 19.1 Å². The van der Waals surface area contributed by atoms with Gasteiger partial charge >= 0.3 is 6.03 Å². The summed E-state index contributed by atoms with van der Waals surface area (Å²) in [4.78, 5) is 38.9. The second-order valence-electron chi connectivity index (χ2n) is 6.97. The van der Waals surface area contributed by atoms with Crippen LogP contribution in [0.2, 0.25) is 10.0 Å². The highest BCUT2D eigenvalue weighted by atomic mass is 35.5. The largest absolute Gasteiger partial charge is 0.491 e. The Morgan fingerprint density at radius 3 is 2.60 bits per heavy atom. The van der Waals surface area contributed by atoms with Gasteiger partial charge in [-0.2, -0.15) is 0 Å². The van der Waals surface area contributed by atoms with Gasteiger partial charge in [0.1, 0.15) is 17.8 Å². The maximum absolute atomic E-state index is 13.0. The fraction of sp³-hybridized carbons (Fsp3) is 0.286. The highest BCUT2D eigenvalue weighted by Crippen LogP contribution is 2.33. The van der Waals surface area contributed by atoms with E-state index in [-0.39, 0.29) is 5.02 Å². The molecule has 30 heavy (non-hydrogen) atoms. The van der Waals surface area contributed by atoms with Gasteiger partial charge in [-0.25, -0.2) is 4.79 Å². The molecule has 1 fully saturated rings. The van der Waals surface area contributed by atoms with E-state index in [9.17, 15) is 14.4 Å². The molecule has 9 heteroatoms. The quantitative estimate of drug-likeness (QED) is 0.620. The summed E-state index contributed by atoms with van der Waals surface area (Å²) in [5, 5.41) is 5.92. The van der Waals surface area contributed by atoms with Crippen LogP contribution in [0.5, 0.6) is 5.75 Å². The zero-order valence-corrected chi connectivity index (χ0v) is 18.0. The van der Waals surface area contributed by atoms with Gasteiger partial charge in [0.05, 0.1) is 22.3 Å². The second kappa shape index (κ2) is 8.93. The molecule has 1 aliphatic rings. The standard InChI is InChI=1S/C21H21Cl2N3O4/c1-3-10-30-17-7-5-4-6-16(17)24-18(27)12-26-19(28)21(2,25-20(26)29)13-8-9-14(22)15(23)11-13/h4-9,11H,3,10,12H2,1-2H3,(H,24,27)(H,25,29). The number of benzene rings is 2. The molecule has 0 bridgehead atoms. The molecule has 0 radical (unpaired) electrons. The summed E-state index contributed by atoms with van der Waals surface area (Å²) in [7, 11) is 0. The summed E-state index contributed by atoms with van der Waals surface area (Å²) < 4.78 is 5.61. The van der Waals surface area contributed by atoms with Crippen LogP contribution in [0.15, 0.2) is 42.5 Å². The van der Waals surface area contributed by atoms with Crippen molar-refractivity contribution >= 4 is 46.7 Å². The van der Waals surface area contributed by atoms with E-state index in [1.807, 2.05) is 6.92 Å². The van der Waals surface area contributed by atoms with Gasteiger partial charge in [0.2, 0.25) is 5.91 Å². The third-order valence-corrected chi connectivity index (χ3v) is 5.44. The molecule has 2 aromatic rings. The second-order valence-corrected chi connectivity index (χ2v) is 7.78. The molecule has 0 saturated carbocycles. The Bertz CT molecular complexity index is 998. The Labute approximate surface area is 184 Å². The van der Waals surface area contributed by atoms with Crippen molar-refractivity contribution in [3.63, 3.8) is 0 Å². The maximum Gasteiger partial charge on any atom is 0.325 e. The Kier molecular flexibility index (Phi) is 6.53. The Morgan fingerprint density at radius 2 is 1.90 bits per heavy atom. The fourth-order valence-electron chi connectivity index (χ4n) is 3.08. The summed E-state index contributed by atoms with van der Waals surface area (Å²) in [5.74, 6) is -0.563. The molecule has 158 valence electrons. The smallest absolute Gasteiger partial charge is 0.325 e.